The molecule has 1 atom stereocenters. The number of methoxy groups -OCH3 is 1. The Kier molecular flexibility index (Phi) is 3.25. The van der Waals surface area contributed by atoms with Crippen molar-refractivity contribution < 1.29 is 4.74 Å². The Morgan fingerprint density at radius 2 is 2.07 bits per heavy atom. The molecule has 0 N–H and O–H groups in total. The van der Waals surface area contributed by atoms with Crippen LogP contribution in [0.2, 0.25) is 0 Å². The van der Waals surface area contributed by atoms with Crippen LogP contribution in [0.15, 0.2) is 24.0 Å². The van der Waals surface area contributed by atoms with Gasteiger partial charge in [0.1, 0.15) is 5.76 Å². The monoisotopic (exact) mass is 193 g/mol. The zero-order valence-electron chi connectivity index (χ0n) is 8.91. The number of hydrogen-bond acceptors (Lipinski definition) is 2. The van der Waals surface area contributed by atoms with Crippen LogP contribution in [0.5, 0.6) is 0 Å². The molecular weight excluding hydrogens is 174 g/mol. The lowest BCUT2D eigenvalue weighted by atomic mass is 10.0. The molecule has 14 heavy (non-hydrogen) atoms. The lowest BCUT2D eigenvalue weighted by Crippen LogP contribution is -2.38. The molecule has 1 aliphatic carbocycles. The Morgan fingerprint density at radius 3 is 2.64 bits per heavy atom. The van der Waals surface area contributed by atoms with Gasteiger partial charge in [-0.1, -0.05) is 12.5 Å². The summed E-state index contributed by atoms with van der Waals surface area (Å²) in [6.07, 6.45) is 11.8. The third kappa shape index (κ3) is 2.18. The van der Waals surface area contributed by atoms with Crippen molar-refractivity contribution in [2.75, 3.05) is 20.2 Å². The van der Waals surface area contributed by atoms with Crippen LogP contribution in [0.4, 0.5) is 0 Å². The average Bonchev–Trinajstić information content (AvgIpc) is 2.30. The largest absolute Gasteiger partial charge is 0.497 e. The Morgan fingerprint density at radius 1 is 1.29 bits per heavy atom. The van der Waals surface area contributed by atoms with E-state index in [-0.39, 0.29) is 0 Å². The predicted octanol–water partition coefficient (Wildman–Crippen LogP) is 2.33. The molecular formula is C12H19NO. The van der Waals surface area contributed by atoms with Gasteiger partial charge in [0.15, 0.2) is 0 Å². The minimum atomic E-state index is 0.620. The highest BCUT2D eigenvalue weighted by molar-refractivity contribution is 5.20. The third-order valence-corrected chi connectivity index (χ3v) is 3.14. The first-order valence-electron chi connectivity index (χ1n) is 5.56. The number of ether oxygens (including phenoxy) is 1. The number of likely N-dealkylation sites (tertiary alicyclic amines) is 1. The van der Waals surface area contributed by atoms with Crippen molar-refractivity contribution in [3.05, 3.63) is 24.0 Å². The van der Waals surface area contributed by atoms with Crippen LogP contribution in [0.25, 0.3) is 0 Å². The highest BCUT2D eigenvalue weighted by Crippen LogP contribution is 2.20. The summed E-state index contributed by atoms with van der Waals surface area (Å²) in [5, 5.41) is 0. The van der Waals surface area contributed by atoms with Crippen LogP contribution in [0.3, 0.4) is 0 Å². The molecule has 0 aromatic heterocycles. The molecule has 1 saturated heterocycles. The maximum Gasteiger partial charge on any atom is 0.114 e. The van der Waals surface area contributed by atoms with E-state index < -0.39 is 0 Å². The van der Waals surface area contributed by atoms with Crippen LogP contribution < -0.4 is 0 Å². The van der Waals surface area contributed by atoms with Gasteiger partial charge in [0.05, 0.1) is 7.11 Å². The van der Waals surface area contributed by atoms with Crippen molar-refractivity contribution in [1.29, 1.82) is 0 Å². The summed E-state index contributed by atoms with van der Waals surface area (Å²) in [5.41, 5.74) is 0. The number of allylic oxidation sites excluding steroid dienone is 1. The normalized spacial score (nSPS) is 28.6. The predicted molar refractivity (Wildman–Crippen MR) is 58.1 cm³/mol. The maximum absolute atomic E-state index is 5.18. The molecule has 0 amide bonds. The number of hydrogen-bond donors (Lipinski definition) is 0. The minimum Gasteiger partial charge on any atom is -0.497 e. The summed E-state index contributed by atoms with van der Waals surface area (Å²) in [4.78, 5) is 2.59. The zero-order chi connectivity index (χ0) is 9.80. The molecule has 2 rings (SSSR count). The van der Waals surface area contributed by atoms with E-state index in [9.17, 15) is 0 Å². The number of rotatable bonds is 2. The maximum atomic E-state index is 5.18. The first kappa shape index (κ1) is 9.78. The average molecular weight is 193 g/mol. The van der Waals surface area contributed by atoms with Crippen molar-refractivity contribution in [2.24, 2.45) is 0 Å². The molecule has 1 unspecified atom stereocenters. The lowest BCUT2D eigenvalue weighted by Gasteiger charge is -2.33. The standard InChI is InChI=1S/C12H19NO/c1-14-12-7-5-11(6-8-12)13-9-3-2-4-10-13/h5,7-8,11H,2-4,6,9-10H2,1H3. The van der Waals surface area contributed by atoms with E-state index in [2.05, 4.69) is 23.1 Å². The van der Waals surface area contributed by atoms with E-state index in [0.29, 0.717) is 6.04 Å². The highest BCUT2D eigenvalue weighted by Gasteiger charge is 2.19. The molecule has 2 heteroatoms. The lowest BCUT2D eigenvalue weighted by molar-refractivity contribution is 0.187. The molecule has 0 saturated carbocycles. The van der Waals surface area contributed by atoms with E-state index in [0.717, 1.165) is 12.2 Å². The summed E-state index contributed by atoms with van der Waals surface area (Å²) in [5.74, 6) is 1.01. The second kappa shape index (κ2) is 4.65. The van der Waals surface area contributed by atoms with Crippen LogP contribution in [0.1, 0.15) is 25.7 Å². The van der Waals surface area contributed by atoms with E-state index in [1.165, 1.54) is 32.4 Å². The van der Waals surface area contributed by atoms with Gasteiger partial charge in [0.25, 0.3) is 0 Å². The van der Waals surface area contributed by atoms with Gasteiger partial charge in [-0.05, 0) is 44.5 Å². The van der Waals surface area contributed by atoms with E-state index >= 15 is 0 Å². The third-order valence-electron chi connectivity index (χ3n) is 3.14. The molecule has 0 aromatic carbocycles. The summed E-state index contributed by atoms with van der Waals surface area (Å²) in [7, 11) is 1.73. The van der Waals surface area contributed by atoms with Crippen molar-refractivity contribution >= 4 is 0 Å². The van der Waals surface area contributed by atoms with Gasteiger partial charge in [-0.25, -0.2) is 0 Å². The van der Waals surface area contributed by atoms with Crippen LogP contribution in [-0.4, -0.2) is 31.1 Å². The topological polar surface area (TPSA) is 12.5 Å². The first-order chi connectivity index (χ1) is 6.90. The van der Waals surface area contributed by atoms with Gasteiger partial charge < -0.3 is 4.74 Å². The Balaban J connectivity index is 1.89. The fourth-order valence-corrected chi connectivity index (χ4v) is 2.26. The fourth-order valence-electron chi connectivity index (χ4n) is 2.26. The van der Waals surface area contributed by atoms with Gasteiger partial charge in [-0.2, -0.15) is 0 Å². The molecule has 1 aliphatic heterocycles. The molecule has 0 radical (unpaired) electrons. The molecule has 0 spiro atoms. The van der Waals surface area contributed by atoms with Crippen LogP contribution in [0, 0.1) is 0 Å². The van der Waals surface area contributed by atoms with Crippen molar-refractivity contribution in [2.45, 2.75) is 31.7 Å². The van der Waals surface area contributed by atoms with Gasteiger partial charge in [-0.3, -0.25) is 4.90 Å². The Labute approximate surface area is 86.2 Å². The summed E-state index contributed by atoms with van der Waals surface area (Å²) in [6, 6.07) is 0.620. The molecule has 1 heterocycles. The fraction of sp³-hybridized carbons (Fsp3) is 0.667. The number of nitrogens with zero attached hydrogens (tertiary/aromatic N) is 1. The van der Waals surface area contributed by atoms with E-state index in [1.807, 2.05) is 0 Å². The van der Waals surface area contributed by atoms with Gasteiger partial charge in [-0.15, -0.1) is 0 Å². The van der Waals surface area contributed by atoms with Crippen LogP contribution in [-0.2, 0) is 4.74 Å². The molecule has 0 bridgehead atoms. The second-order valence-corrected chi connectivity index (χ2v) is 4.07. The summed E-state index contributed by atoms with van der Waals surface area (Å²) in [6.45, 7) is 2.54. The molecule has 0 aromatic rings. The summed E-state index contributed by atoms with van der Waals surface area (Å²) < 4.78 is 5.18. The van der Waals surface area contributed by atoms with Crippen molar-refractivity contribution in [3.8, 4) is 0 Å². The quantitative estimate of drug-likeness (QED) is 0.667. The van der Waals surface area contributed by atoms with Gasteiger partial charge in [0, 0.05) is 6.04 Å². The Bertz CT molecular complexity index is 239. The SMILES string of the molecule is COC1=CCC(N2CCCCC2)C=C1. The summed E-state index contributed by atoms with van der Waals surface area (Å²) >= 11 is 0. The number of piperidine rings is 1. The highest BCUT2D eigenvalue weighted by atomic mass is 16.5. The van der Waals surface area contributed by atoms with E-state index in [1.54, 1.807) is 7.11 Å². The van der Waals surface area contributed by atoms with Crippen molar-refractivity contribution in [3.63, 3.8) is 0 Å². The van der Waals surface area contributed by atoms with Gasteiger partial charge >= 0.3 is 0 Å². The van der Waals surface area contributed by atoms with Crippen molar-refractivity contribution in [1.82, 2.24) is 4.90 Å². The molecule has 2 aliphatic rings. The zero-order valence-corrected chi connectivity index (χ0v) is 8.91. The molecule has 78 valence electrons. The minimum absolute atomic E-state index is 0.620. The molecule has 1 fully saturated rings. The van der Waals surface area contributed by atoms with E-state index in [4.69, 9.17) is 4.74 Å². The molecule has 2 nitrogen and oxygen atoms in total. The Hall–Kier alpha value is -0.760. The van der Waals surface area contributed by atoms with Gasteiger partial charge in [0.2, 0.25) is 0 Å². The smallest absolute Gasteiger partial charge is 0.114 e. The second-order valence-electron chi connectivity index (χ2n) is 4.07. The first-order valence-corrected chi connectivity index (χ1v) is 5.56. The van der Waals surface area contributed by atoms with Crippen LogP contribution >= 0.6 is 0 Å².